The minimum Gasteiger partial charge on any atom is -0.379 e. The maximum atomic E-state index is 10.5. The monoisotopic (exact) mass is 220 g/mol. The van der Waals surface area contributed by atoms with Crippen molar-refractivity contribution >= 4 is 12.1 Å². The number of benzene rings is 1. The molecule has 0 spiro atoms. The average molecular weight is 220 g/mol. The molecule has 0 bridgehead atoms. The number of carbonyl (C=O) groups is 1. The Morgan fingerprint density at radius 2 is 2.06 bits per heavy atom. The molecule has 1 saturated heterocycles. The van der Waals surface area contributed by atoms with Gasteiger partial charge in [0.2, 0.25) is 6.41 Å². The second-order valence-electron chi connectivity index (χ2n) is 3.81. The zero-order valence-corrected chi connectivity index (χ0v) is 9.19. The molecule has 1 amide bonds. The Balaban J connectivity index is 2.04. The van der Waals surface area contributed by atoms with Gasteiger partial charge >= 0.3 is 0 Å². The third kappa shape index (κ3) is 2.81. The highest BCUT2D eigenvalue weighted by molar-refractivity contribution is 5.73. The Morgan fingerprint density at radius 3 is 2.81 bits per heavy atom. The molecule has 1 fully saturated rings. The summed E-state index contributed by atoms with van der Waals surface area (Å²) >= 11 is 0. The summed E-state index contributed by atoms with van der Waals surface area (Å²) in [5.41, 5.74) is 2.04. The molecule has 0 atom stereocenters. The van der Waals surface area contributed by atoms with Crippen LogP contribution in [0.4, 0.5) is 5.69 Å². The van der Waals surface area contributed by atoms with Gasteiger partial charge in [-0.3, -0.25) is 9.69 Å². The molecule has 0 aliphatic carbocycles. The number of rotatable bonds is 4. The van der Waals surface area contributed by atoms with Crippen LogP contribution in [-0.4, -0.2) is 37.6 Å². The third-order valence-electron chi connectivity index (χ3n) is 2.73. The summed E-state index contributed by atoms with van der Waals surface area (Å²) in [6.45, 7) is 4.36. The molecular weight excluding hydrogens is 204 g/mol. The Hall–Kier alpha value is -1.39. The van der Waals surface area contributed by atoms with Crippen molar-refractivity contribution in [1.29, 1.82) is 0 Å². The summed E-state index contributed by atoms with van der Waals surface area (Å²) < 4.78 is 5.30. The summed E-state index contributed by atoms with van der Waals surface area (Å²) in [5.74, 6) is 0. The standard InChI is InChI=1S/C12H16N2O2/c15-10-13-12-4-2-1-3-11(12)9-14-5-7-16-8-6-14/h1-4,10H,5-9H2,(H,13,15). The molecule has 16 heavy (non-hydrogen) atoms. The molecular formula is C12H16N2O2. The van der Waals surface area contributed by atoms with E-state index in [4.69, 9.17) is 4.74 Å². The fourth-order valence-corrected chi connectivity index (χ4v) is 1.86. The predicted octanol–water partition coefficient (Wildman–Crippen LogP) is 1.09. The molecule has 1 aromatic rings. The number of nitrogens with one attached hydrogen (secondary N) is 1. The molecule has 86 valence electrons. The lowest BCUT2D eigenvalue weighted by Gasteiger charge is -2.27. The van der Waals surface area contributed by atoms with E-state index in [0.717, 1.165) is 50.5 Å². The van der Waals surface area contributed by atoms with Gasteiger partial charge in [-0.05, 0) is 11.6 Å². The van der Waals surface area contributed by atoms with Gasteiger partial charge in [-0.1, -0.05) is 18.2 Å². The summed E-state index contributed by atoms with van der Waals surface area (Å²) in [6.07, 6.45) is 0.720. The number of para-hydroxylation sites is 1. The van der Waals surface area contributed by atoms with Crippen LogP contribution in [0.2, 0.25) is 0 Å². The first-order chi connectivity index (χ1) is 7.90. The average Bonchev–Trinajstić information content (AvgIpc) is 2.33. The van der Waals surface area contributed by atoms with E-state index < -0.39 is 0 Å². The van der Waals surface area contributed by atoms with E-state index >= 15 is 0 Å². The van der Waals surface area contributed by atoms with Crippen LogP contribution in [0.25, 0.3) is 0 Å². The first-order valence-electron chi connectivity index (χ1n) is 5.48. The predicted molar refractivity (Wildman–Crippen MR) is 62.2 cm³/mol. The van der Waals surface area contributed by atoms with Crippen molar-refractivity contribution in [3.05, 3.63) is 29.8 Å². The lowest BCUT2D eigenvalue weighted by Crippen LogP contribution is -2.35. The van der Waals surface area contributed by atoms with E-state index in [9.17, 15) is 4.79 Å². The highest BCUT2D eigenvalue weighted by Crippen LogP contribution is 2.16. The lowest BCUT2D eigenvalue weighted by atomic mass is 10.1. The number of carbonyl (C=O) groups excluding carboxylic acids is 1. The van der Waals surface area contributed by atoms with Gasteiger partial charge in [0.1, 0.15) is 0 Å². The lowest BCUT2D eigenvalue weighted by molar-refractivity contribution is -0.105. The van der Waals surface area contributed by atoms with Crippen molar-refractivity contribution in [2.24, 2.45) is 0 Å². The zero-order valence-electron chi connectivity index (χ0n) is 9.19. The van der Waals surface area contributed by atoms with Crippen molar-refractivity contribution in [2.45, 2.75) is 6.54 Å². The Bertz CT molecular complexity index is 349. The molecule has 1 N–H and O–H groups in total. The van der Waals surface area contributed by atoms with E-state index in [2.05, 4.69) is 10.2 Å². The van der Waals surface area contributed by atoms with Crippen molar-refractivity contribution in [1.82, 2.24) is 4.90 Å². The second-order valence-corrected chi connectivity index (χ2v) is 3.81. The van der Waals surface area contributed by atoms with Gasteiger partial charge in [0.05, 0.1) is 13.2 Å². The molecule has 0 aromatic heterocycles. The molecule has 2 rings (SSSR count). The molecule has 0 saturated carbocycles. The van der Waals surface area contributed by atoms with Gasteiger partial charge in [0, 0.05) is 25.3 Å². The molecule has 1 aromatic carbocycles. The zero-order chi connectivity index (χ0) is 11.2. The summed E-state index contributed by atoms with van der Waals surface area (Å²) in [4.78, 5) is 12.8. The Morgan fingerprint density at radius 1 is 1.31 bits per heavy atom. The maximum absolute atomic E-state index is 10.5. The highest BCUT2D eigenvalue weighted by Gasteiger charge is 2.12. The van der Waals surface area contributed by atoms with Crippen LogP contribution in [0, 0.1) is 0 Å². The third-order valence-corrected chi connectivity index (χ3v) is 2.73. The van der Waals surface area contributed by atoms with Crippen LogP contribution in [-0.2, 0) is 16.1 Å². The van der Waals surface area contributed by atoms with Crippen LogP contribution in [0.15, 0.2) is 24.3 Å². The van der Waals surface area contributed by atoms with E-state index in [1.165, 1.54) is 0 Å². The fourth-order valence-electron chi connectivity index (χ4n) is 1.86. The first kappa shape index (κ1) is 11.1. The van der Waals surface area contributed by atoms with Gasteiger partial charge in [-0.15, -0.1) is 0 Å². The fraction of sp³-hybridized carbons (Fsp3) is 0.417. The quantitative estimate of drug-likeness (QED) is 0.772. The number of hydrogen-bond acceptors (Lipinski definition) is 3. The van der Waals surface area contributed by atoms with Crippen LogP contribution in [0.5, 0.6) is 0 Å². The van der Waals surface area contributed by atoms with Gasteiger partial charge in [-0.25, -0.2) is 0 Å². The molecule has 0 unspecified atom stereocenters. The van der Waals surface area contributed by atoms with Gasteiger partial charge < -0.3 is 10.1 Å². The van der Waals surface area contributed by atoms with Crippen molar-refractivity contribution in [2.75, 3.05) is 31.6 Å². The topological polar surface area (TPSA) is 41.6 Å². The number of morpholine rings is 1. The molecule has 4 nitrogen and oxygen atoms in total. The van der Waals surface area contributed by atoms with Crippen molar-refractivity contribution < 1.29 is 9.53 Å². The maximum Gasteiger partial charge on any atom is 0.211 e. The highest BCUT2D eigenvalue weighted by atomic mass is 16.5. The molecule has 0 radical (unpaired) electrons. The molecule has 1 heterocycles. The normalized spacial score (nSPS) is 17.0. The van der Waals surface area contributed by atoms with Crippen LogP contribution < -0.4 is 5.32 Å². The van der Waals surface area contributed by atoms with Crippen LogP contribution in [0.1, 0.15) is 5.56 Å². The smallest absolute Gasteiger partial charge is 0.211 e. The first-order valence-corrected chi connectivity index (χ1v) is 5.48. The minimum atomic E-state index is 0.720. The van der Waals surface area contributed by atoms with E-state index in [-0.39, 0.29) is 0 Å². The number of hydrogen-bond donors (Lipinski definition) is 1. The second kappa shape index (κ2) is 5.63. The molecule has 4 heteroatoms. The van der Waals surface area contributed by atoms with E-state index in [1.807, 2.05) is 24.3 Å². The Kier molecular flexibility index (Phi) is 3.91. The van der Waals surface area contributed by atoms with Crippen molar-refractivity contribution in [3.8, 4) is 0 Å². The van der Waals surface area contributed by atoms with Crippen LogP contribution >= 0.6 is 0 Å². The van der Waals surface area contributed by atoms with E-state index in [1.54, 1.807) is 0 Å². The molecule has 1 aliphatic heterocycles. The minimum absolute atomic E-state index is 0.720. The summed E-state index contributed by atoms with van der Waals surface area (Å²) in [6, 6.07) is 7.88. The SMILES string of the molecule is O=CNc1ccccc1CN1CCOCC1. The number of anilines is 1. The largest absolute Gasteiger partial charge is 0.379 e. The molecule has 1 aliphatic rings. The summed E-state index contributed by atoms with van der Waals surface area (Å²) in [7, 11) is 0. The van der Waals surface area contributed by atoms with Crippen LogP contribution in [0.3, 0.4) is 0 Å². The van der Waals surface area contributed by atoms with Gasteiger partial charge in [0.25, 0.3) is 0 Å². The summed E-state index contributed by atoms with van der Waals surface area (Å²) in [5, 5.41) is 2.73. The number of ether oxygens (including phenoxy) is 1. The number of amides is 1. The van der Waals surface area contributed by atoms with E-state index in [0.29, 0.717) is 0 Å². The van der Waals surface area contributed by atoms with Gasteiger partial charge in [-0.2, -0.15) is 0 Å². The Labute approximate surface area is 95.2 Å². The number of nitrogens with zero attached hydrogens (tertiary/aromatic N) is 1. The van der Waals surface area contributed by atoms with Gasteiger partial charge in [0.15, 0.2) is 0 Å². The van der Waals surface area contributed by atoms with Crippen molar-refractivity contribution in [3.63, 3.8) is 0 Å².